The van der Waals surface area contributed by atoms with Gasteiger partial charge in [0.1, 0.15) is 0 Å². The number of carbonyl (C=O) groups excluding carboxylic acids is 2. The van der Waals surface area contributed by atoms with Gasteiger partial charge in [-0.2, -0.15) is 0 Å². The normalized spacial score (nSPS) is 10.9. The summed E-state index contributed by atoms with van der Waals surface area (Å²) >= 11 is 0. The number of nitrogens with one attached hydrogen (secondary N) is 2. The van der Waals surface area contributed by atoms with Crippen LogP contribution in [0.5, 0.6) is 0 Å². The fourth-order valence-electron chi connectivity index (χ4n) is 2.82. The van der Waals surface area contributed by atoms with Crippen LogP contribution in [-0.4, -0.2) is 11.8 Å². The van der Waals surface area contributed by atoms with Crippen molar-refractivity contribution in [2.24, 2.45) is 0 Å². The molecule has 0 atom stereocenters. The number of hydrogen-bond donors (Lipinski definition) is 2. The van der Waals surface area contributed by atoms with Crippen molar-refractivity contribution in [1.82, 2.24) is 10.6 Å². The highest BCUT2D eigenvalue weighted by atomic mass is 16.2. The molecule has 3 aromatic carbocycles. The zero-order valence-corrected chi connectivity index (χ0v) is 16.6. The first-order chi connectivity index (χ1) is 14.7. The first-order valence-electron chi connectivity index (χ1n) is 9.79. The monoisotopic (exact) mass is 396 g/mol. The van der Waals surface area contributed by atoms with Gasteiger partial charge in [-0.05, 0) is 34.4 Å². The van der Waals surface area contributed by atoms with Crippen molar-refractivity contribution in [3.63, 3.8) is 0 Å². The highest BCUT2D eigenvalue weighted by Gasteiger charge is 2.01. The second-order valence-corrected chi connectivity index (χ2v) is 6.74. The van der Waals surface area contributed by atoms with Gasteiger partial charge < -0.3 is 10.6 Å². The van der Waals surface area contributed by atoms with Crippen molar-refractivity contribution < 1.29 is 9.59 Å². The molecule has 4 nitrogen and oxygen atoms in total. The molecule has 30 heavy (non-hydrogen) atoms. The Morgan fingerprint density at radius 1 is 0.600 bits per heavy atom. The summed E-state index contributed by atoms with van der Waals surface area (Å²) in [5.41, 5.74) is 3.91. The van der Waals surface area contributed by atoms with Crippen molar-refractivity contribution in [2.75, 3.05) is 0 Å². The molecule has 0 aliphatic rings. The molecule has 0 spiro atoms. The molecular formula is C26H24N2O2. The van der Waals surface area contributed by atoms with E-state index in [0.717, 1.165) is 22.3 Å². The molecule has 0 unspecified atom stereocenters. The van der Waals surface area contributed by atoms with Gasteiger partial charge in [0.05, 0.1) is 0 Å². The molecule has 4 heteroatoms. The minimum absolute atomic E-state index is 0.149. The van der Waals surface area contributed by atoms with Gasteiger partial charge >= 0.3 is 0 Å². The smallest absolute Gasteiger partial charge is 0.244 e. The Balaban J connectivity index is 1.46. The maximum absolute atomic E-state index is 12.0. The largest absolute Gasteiger partial charge is 0.348 e. The first kappa shape index (κ1) is 20.8. The molecule has 0 aromatic heterocycles. The molecule has 150 valence electrons. The summed E-state index contributed by atoms with van der Waals surface area (Å²) in [5.74, 6) is -0.299. The predicted octanol–water partition coefficient (Wildman–Crippen LogP) is 4.35. The molecule has 3 aromatic rings. The summed E-state index contributed by atoms with van der Waals surface area (Å²) in [7, 11) is 0. The van der Waals surface area contributed by atoms with Gasteiger partial charge in [-0.3, -0.25) is 9.59 Å². The zero-order chi connectivity index (χ0) is 21.0. The Morgan fingerprint density at radius 3 is 1.47 bits per heavy atom. The maximum atomic E-state index is 12.0. The van der Waals surface area contributed by atoms with Gasteiger partial charge in [0, 0.05) is 25.2 Å². The van der Waals surface area contributed by atoms with E-state index in [1.807, 2.05) is 84.9 Å². The van der Waals surface area contributed by atoms with Crippen LogP contribution in [0, 0.1) is 0 Å². The molecule has 3 rings (SSSR count). The lowest BCUT2D eigenvalue weighted by molar-refractivity contribution is -0.117. The van der Waals surface area contributed by atoms with Gasteiger partial charge in [0.2, 0.25) is 11.8 Å². The number of rotatable bonds is 8. The summed E-state index contributed by atoms with van der Waals surface area (Å²) in [4.78, 5) is 24.0. The average Bonchev–Trinajstić information content (AvgIpc) is 2.80. The third-order valence-electron chi connectivity index (χ3n) is 4.38. The SMILES string of the molecule is O=C(C=Cc1ccccc1)NCc1cccc(CNC(=O)C=Cc2ccccc2)c1. The number of carbonyl (C=O) groups is 2. The molecule has 0 heterocycles. The molecule has 0 aliphatic carbocycles. The Morgan fingerprint density at radius 2 is 1.03 bits per heavy atom. The van der Waals surface area contributed by atoms with Crippen molar-refractivity contribution in [2.45, 2.75) is 13.1 Å². The molecule has 0 fully saturated rings. The molecule has 0 aliphatic heterocycles. The third kappa shape index (κ3) is 7.24. The Hall–Kier alpha value is -3.92. The number of amides is 2. The fraction of sp³-hybridized carbons (Fsp3) is 0.0769. The van der Waals surface area contributed by atoms with E-state index in [1.54, 1.807) is 12.2 Å². The fourth-order valence-corrected chi connectivity index (χ4v) is 2.82. The summed E-state index contributed by atoms with van der Waals surface area (Å²) < 4.78 is 0. The van der Waals surface area contributed by atoms with E-state index < -0.39 is 0 Å². The molecule has 2 N–H and O–H groups in total. The highest BCUT2D eigenvalue weighted by molar-refractivity contribution is 5.92. The summed E-state index contributed by atoms with van der Waals surface area (Å²) in [6.45, 7) is 0.849. The van der Waals surface area contributed by atoms with Crippen LogP contribution < -0.4 is 10.6 Å². The standard InChI is InChI=1S/C26H24N2O2/c29-25(16-14-21-8-3-1-4-9-21)27-19-23-12-7-13-24(18-23)20-28-26(30)17-15-22-10-5-2-6-11-22/h1-18H,19-20H2,(H,27,29)(H,28,30). The molecule has 0 bridgehead atoms. The molecular weight excluding hydrogens is 372 g/mol. The molecule has 0 saturated heterocycles. The highest BCUT2D eigenvalue weighted by Crippen LogP contribution is 2.06. The second-order valence-electron chi connectivity index (χ2n) is 6.74. The van der Waals surface area contributed by atoms with Crippen molar-refractivity contribution in [1.29, 1.82) is 0 Å². The van der Waals surface area contributed by atoms with Gasteiger partial charge in [-0.25, -0.2) is 0 Å². The molecule has 0 radical (unpaired) electrons. The van der Waals surface area contributed by atoms with Gasteiger partial charge in [-0.1, -0.05) is 84.9 Å². The Bertz CT molecular complexity index is 944. The van der Waals surface area contributed by atoms with Crippen LogP contribution >= 0.6 is 0 Å². The van der Waals surface area contributed by atoms with E-state index >= 15 is 0 Å². The second kappa shape index (κ2) is 11.2. The van der Waals surface area contributed by atoms with Crippen LogP contribution in [0.3, 0.4) is 0 Å². The van der Waals surface area contributed by atoms with E-state index in [-0.39, 0.29) is 11.8 Å². The lowest BCUT2D eigenvalue weighted by Crippen LogP contribution is -2.21. The Kier molecular flexibility index (Phi) is 7.75. The average molecular weight is 396 g/mol. The van der Waals surface area contributed by atoms with E-state index in [4.69, 9.17) is 0 Å². The summed E-state index contributed by atoms with van der Waals surface area (Å²) in [6, 6.07) is 27.1. The quantitative estimate of drug-likeness (QED) is 0.556. The van der Waals surface area contributed by atoms with Crippen molar-refractivity contribution >= 4 is 24.0 Å². The first-order valence-corrected chi connectivity index (χ1v) is 9.79. The van der Waals surface area contributed by atoms with Crippen LogP contribution in [-0.2, 0) is 22.7 Å². The van der Waals surface area contributed by atoms with Crippen LogP contribution in [0.2, 0.25) is 0 Å². The van der Waals surface area contributed by atoms with Crippen LogP contribution in [0.4, 0.5) is 0 Å². The number of benzene rings is 3. The van der Waals surface area contributed by atoms with E-state index in [9.17, 15) is 9.59 Å². The van der Waals surface area contributed by atoms with Crippen LogP contribution in [0.15, 0.2) is 97.1 Å². The Labute approximate surface area is 177 Å². The van der Waals surface area contributed by atoms with Crippen LogP contribution in [0.25, 0.3) is 12.2 Å². The molecule has 0 saturated carbocycles. The van der Waals surface area contributed by atoms with Gasteiger partial charge in [-0.15, -0.1) is 0 Å². The van der Waals surface area contributed by atoms with E-state index in [0.29, 0.717) is 13.1 Å². The topological polar surface area (TPSA) is 58.2 Å². The lowest BCUT2D eigenvalue weighted by Gasteiger charge is -2.07. The van der Waals surface area contributed by atoms with E-state index in [1.165, 1.54) is 12.2 Å². The zero-order valence-electron chi connectivity index (χ0n) is 16.6. The van der Waals surface area contributed by atoms with E-state index in [2.05, 4.69) is 10.6 Å². The minimum Gasteiger partial charge on any atom is -0.348 e. The van der Waals surface area contributed by atoms with Crippen molar-refractivity contribution in [3.8, 4) is 0 Å². The predicted molar refractivity (Wildman–Crippen MR) is 121 cm³/mol. The number of hydrogen-bond acceptors (Lipinski definition) is 2. The maximum Gasteiger partial charge on any atom is 0.244 e. The van der Waals surface area contributed by atoms with Crippen LogP contribution in [0.1, 0.15) is 22.3 Å². The summed E-state index contributed by atoms with van der Waals surface area (Å²) in [5, 5.41) is 5.75. The summed E-state index contributed by atoms with van der Waals surface area (Å²) in [6.07, 6.45) is 6.62. The van der Waals surface area contributed by atoms with Crippen molar-refractivity contribution in [3.05, 3.63) is 119 Å². The third-order valence-corrected chi connectivity index (χ3v) is 4.38. The molecule has 2 amide bonds. The van der Waals surface area contributed by atoms with Gasteiger partial charge in [0.25, 0.3) is 0 Å². The van der Waals surface area contributed by atoms with Gasteiger partial charge in [0.15, 0.2) is 0 Å². The lowest BCUT2D eigenvalue weighted by atomic mass is 10.1. The minimum atomic E-state index is -0.149.